The fourth-order valence-corrected chi connectivity index (χ4v) is 3.44. The zero-order chi connectivity index (χ0) is 19.2. The van der Waals surface area contributed by atoms with Crippen LogP contribution in [0.2, 0.25) is 0 Å². The van der Waals surface area contributed by atoms with Crippen LogP contribution >= 0.6 is 0 Å². The van der Waals surface area contributed by atoms with Crippen molar-refractivity contribution in [3.8, 4) is 5.75 Å². The molecule has 3 rings (SSSR count). The summed E-state index contributed by atoms with van der Waals surface area (Å²) >= 11 is 0. The third-order valence-corrected chi connectivity index (χ3v) is 4.95. The molecule has 0 bridgehead atoms. The predicted molar refractivity (Wildman–Crippen MR) is 105 cm³/mol. The van der Waals surface area contributed by atoms with Crippen molar-refractivity contribution in [1.29, 1.82) is 0 Å². The Labute approximate surface area is 160 Å². The number of hydrogen-bond donors (Lipinski definition) is 0. The minimum Gasteiger partial charge on any atom is -0.491 e. The lowest BCUT2D eigenvalue weighted by Crippen LogP contribution is -2.60. The number of ether oxygens (including phenoxy) is 1. The molecule has 2 aromatic carbocycles. The van der Waals surface area contributed by atoms with Gasteiger partial charge in [-0.25, -0.2) is 0 Å². The first-order chi connectivity index (χ1) is 13.1. The van der Waals surface area contributed by atoms with Crippen molar-refractivity contribution in [2.45, 2.75) is 25.8 Å². The van der Waals surface area contributed by atoms with Crippen LogP contribution in [0.15, 0.2) is 54.6 Å². The van der Waals surface area contributed by atoms with Gasteiger partial charge in [-0.2, -0.15) is 0 Å². The quantitative estimate of drug-likeness (QED) is 0.757. The van der Waals surface area contributed by atoms with Gasteiger partial charge in [0.1, 0.15) is 18.4 Å². The molecule has 0 radical (unpaired) electrons. The van der Waals surface area contributed by atoms with Crippen LogP contribution in [-0.2, 0) is 22.4 Å². The lowest BCUT2D eigenvalue weighted by molar-refractivity contribution is -0.154. The molecule has 1 saturated heterocycles. The number of hydrogen-bond acceptors (Lipinski definition) is 3. The van der Waals surface area contributed by atoms with E-state index in [-0.39, 0.29) is 18.4 Å². The van der Waals surface area contributed by atoms with E-state index in [1.54, 1.807) is 11.9 Å². The molecule has 0 unspecified atom stereocenters. The Morgan fingerprint density at radius 1 is 1.04 bits per heavy atom. The van der Waals surface area contributed by atoms with Gasteiger partial charge < -0.3 is 14.5 Å². The van der Waals surface area contributed by atoms with Crippen molar-refractivity contribution in [3.63, 3.8) is 0 Å². The summed E-state index contributed by atoms with van der Waals surface area (Å²) in [4.78, 5) is 28.5. The number of carbonyl (C=O) groups excluding carboxylic acids is 2. The first kappa shape index (κ1) is 19.0. The maximum atomic E-state index is 12.7. The summed E-state index contributed by atoms with van der Waals surface area (Å²) in [6.45, 7) is 2.97. The number of amides is 2. The summed E-state index contributed by atoms with van der Waals surface area (Å²) in [7, 11) is 1.68. The van der Waals surface area contributed by atoms with Gasteiger partial charge in [-0.15, -0.1) is 0 Å². The van der Waals surface area contributed by atoms with Crippen molar-refractivity contribution in [2.24, 2.45) is 0 Å². The lowest BCUT2D eigenvalue weighted by atomic mass is 10.0. The minimum absolute atomic E-state index is 0.0209. The average molecular weight is 366 g/mol. The van der Waals surface area contributed by atoms with E-state index in [9.17, 15) is 9.59 Å². The Hall–Kier alpha value is -2.82. The van der Waals surface area contributed by atoms with Gasteiger partial charge in [0.05, 0.1) is 13.1 Å². The van der Waals surface area contributed by atoms with E-state index < -0.39 is 6.04 Å². The van der Waals surface area contributed by atoms with Gasteiger partial charge >= 0.3 is 0 Å². The fraction of sp³-hybridized carbons (Fsp3) is 0.364. The lowest BCUT2D eigenvalue weighted by Gasteiger charge is -2.39. The zero-order valence-corrected chi connectivity index (χ0v) is 15.9. The molecule has 2 aromatic rings. The van der Waals surface area contributed by atoms with E-state index in [0.29, 0.717) is 19.6 Å². The van der Waals surface area contributed by atoms with Crippen LogP contribution in [0.4, 0.5) is 0 Å². The highest BCUT2D eigenvalue weighted by Gasteiger charge is 2.37. The number of piperazine rings is 1. The summed E-state index contributed by atoms with van der Waals surface area (Å²) in [5, 5.41) is 0. The van der Waals surface area contributed by atoms with Crippen LogP contribution in [0.3, 0.4) is 0 Å². The van der Waals surface area contributed by atoms with Crippen molar-refractivity contribution >= 4 is 11.8 Å². The molecule has 1 heterocycles. The Bertz CT molecular complexity index is 791. The van der Waals surface area contributed by atoms with Crippen LogP contribution in [0.5, 0.6) is 5.75 Å². The molecule has 1 fully saturated rings. The standard InChI is InChI=1S/C22H26N2O3/c1-3-18-11-7-8-12-20(18)27-14-13-24-19(15-17-9-5-4-6-10-17)22(26)23(2)16-21(24)25/h4-12,19H,3,13-16H2,1-2H3/t19-/m0/s1. The summed E-state index contributed by atoms with van der Waals surface area (Å²) in [6.07, 6.45) is 1.40. The predicted octanol–water partition coefficient (Wildman–Crippen LogP) is 2.54. The molecule has 5 nitrogen and oxygen atoms in total. The van der Waals surface area contributed by atoms with Gasteiger partial charge in [0.15, 0.2) is 0 Å². The van der Waals surface area contributed by atoms with Crippen LogP contribution in [0.1, 0.15) is 18.1 Å². The number of likely N-dealkylation sites (N-methyl/N-ethyl adjacent to an activating group) is 1. The molecule has 1 aliphatic rings. The highest BCUT2D eigenvalue weighted by atomic mass is 16.5. The van der Waals surface area contributed by atoms with Crippen LogP contribution in [0.25, 0.3) is 0 Å². The first-order valence-electron chi connectivity index (χ1n) is 9.39. The third-order valence-electron chi connectivity index (χ3n) is 4.95. The van der Waals surface area contributed by atoms with E-state index in [4.69, 9.17) is 4.74 Å². The van der Waals surface area contributed by atoms with E-state index in [1.165, 1.54) is 4.90 Å². The summed E-state index contributed by atoms with van der Waals surface area (Å²) in [5.41, 5.74) is 2.18. The fourth-order valence-electron chi connectivity index (χ4n) is 3.44. The van der Waals surface area contributed by atoms with Crippen molar-refractivity contribution in [1.82, 2.24) is 9.80 Å². The maximum Gasteiger partial charge on any atom is 0.245 e. The average Bonchev–Trinajstić information content (AvgIpc) is 2.69. The van der Waals surface area contributed by atoms with Crippen LogP contribution in [0, 0.1) is 0 Å². The second-order valence-corrected chi connectivity index (χ2v) is 6.80. The molecule has 0 N–H and O–H groups in total. The van der Waals surface area contributed by atoms with E-state index in [1.807, 2.05) is 54.6 Å². The number of carbonyl (C=O) groups is 2. The maximum absolute atomic E-state index is 12.7. The highest BCUT2D eigenvalue weighted by molar-refractivity contribution is 5.94. The van der Waals surface area contributed by atoms with Crippen molar-refractivity contribution in [2.75, 3.05) is 26.7 Å². The molecule has 0 spiro atoms. The first-order valence-corrected chi connectivity index (χ1v) is 9.39. The second-order valence-electron chi connectivity index (χ2n) is 6.80. The molecule has 1 atom stereocenters. The Morgan fingerprint density at radius 3 is 2.48 bits per heavy atom. The second kappa shape index (κ2) is 8.71. The summed E-state index contributed by atoms with van der Waals surface area (Å²) in [6, 6.07) is 17.2. The van der Waals surface area contributed by atoms with E-state index >= 15 is 0 Å². The van der Waals surface area contributed by atoms with Gasteiger partial charge in [0, 0.05) is 13.5 Å². The number of para-hydroxylation sites is 1. The van der Waals surface area contributed by atoms with Crippen LogP contribution < -0.4 is 4.74 Å². The van der Waals surface area contributed by atoms with E-state index in [0.717, 1.165) is 23.3 Å². The monoisotopic (exact) mass is 366 g/mol. The normalized spacial score (nSPS) is 17.3. The van der Waals surface area contributed by atoms with Crippen molar-refractivity contribution in [3.05, 3.63) is 65.7 Å². The topological polar surface area (TPSA) is 49.9 Å². The molecule has 2 amide bonds. The Balaban J connectivity index is 1.70. The molecule has 0 saturated carbocycles. The van der Waals surface area contributed by atoms with Crippen molar-refractivity contribution < 1.29 is 14.3 Å². The molecule has 0 aliphatic carbocycles. The minimum atomic E-state index is -0.483. The van der Waals surface area contributed by atoms with Gasteiger partial charge in [-0.3, -0.25) is 9.59 Å². The largest absolute Gasteiger partial charge is 0.491 e. The molecule has 0 aromatic heterocycles. The zero-order valence-electron chi connectivity index (χ0n) is 15.9. The van der Waals surface area contributed by atoms with Gasteiger partial charge in [-0.1, -0.05) is 55.5 Å². The molecule has 5 heteroatoms. The molecule has 27 heavy (non-hydrogen) atoms. The molecule has 142 valence electrons. The smallest absolute Gasteiger partial charge is 0.245 e. The number of aryl methyl sites for hydroxylation is 1. The van der Waals surface area contributed by atoms with Crippen LogP contribution in [-0.4, -0.2) is 54.4 Å². The molecular weight excluding hydrogens is 340 g/mol. The molecular formula is C22H26N2O3. The number of benzene rings is 2. The Morgan fingerprint density at radius 2 is 1.74 bits per heavy atom. The third kappa shape index (κ3) is 4.48. The summed E-state index contributed by atoms with van der Waals surface area (Å²) in [5.74, 6) is 0.783. The molecule has 1 aliphatic heterocycles. The van der Waals surface area contributed by atoms with Gasteiger partial charge in [-0.05, 0) is 23.6 Å². The number of nitrogens with zero attached hydrogens (tertiary/aromatic N) is 2. The highest BCUT2D eigenvalue weighted by Crippen LogP contribution is 2.20. The summed E-state index contributed by atoms with van der Waals surface area (Å²) < 4.78 is 5.92. The van der Waals surface area contributed by atoms with Gasteiger partial charge in [0.25, 0.3) is 0 Å². The SMILES string of the molecule is CCc1ccccc1OCCN1C(=O)CN(C)C(=O)[C@@H]1Cc1ccccc1. The Kier molecular flexibility index (Phi) is 6.12. The van der Waals surface area contributed by atoms with E-state index in [2.05, 4.69) is 6.92 Å². The number of rotatable bonds is 7. The van der Waals surface area contributed by atoms with Gasteiger partial charge in [0.2, 0.25) is 11.8 Å².